The lowest BCUT2D eigenvalue weighted by molar-refractivity contribution is -0.124. The fourth-order valence-corrected chi connectivity index (χ4v) is 2.29. The number of hydrogen-bond donors (Lipinski definition) is 2. The van der Waals surface area contributed by atoms with Gasteiger partial charge in [-0.25, -0.2) is 0 Å². The van der Waals surface area contributed by atoms with Crippen LogP contribution in [0.5, 0.6) is 0 Å². The first-order valence-corrected chi connectivity index (χ1v) is 6.10. The summed E-state index contributed by atoms with van der Waals surface area (Å²) in [5.74, 6) is 0.109. The van der Waals surface area contributed by atoms with Crippen molar-refractivity contribution in [3.63, 3.8) is 0 Å². The van der Waals surface area contributed by atoms with Gasteiger partial charge in [0.25, 0.3) is 0 Å². The lowest BCUT2D eigenvalue weighted by Gasteiger charge is -2.25. The van der Waals surface area contributed by atoms with Gasteiger partial charge in [0.2, 0.25) is 5.91 Å². The van der Waals surface area contributed by atoms with E-state index in [2.05, 4.69) is 22.5 Å². The molecule has 1 unspecified atom stereocenters. The van der Waals surface area contributed by atoms with Crippen molar-refractivity contribution in [2.45, 2.75) is 26.7 Å². The summed E-state index contributed by atoms with van der Waals surface area (Å²) < 4.78 is 0. The second kappa shape index (κ2) is 4.84. The lowest BCUT2D eigenvalue weighted by Crippen LogP contribution is -2.37. The molecular formula is C13H19N3O. The van der Waals surface area contributed by atoms with Crippen LogP contribution in [-0.4, -0.2) is 24.0 Å². The molecule has 2 rings (SSSR count). The fourth-order valence-electron chi connectivity index (χ4n) is 2.29. The first-order chi connectivity index (χ1) is 8.16. The van der Waals surface area contributed by atoms with Crippen molar-refractivity contribution in [1.29, 1.82) is 0 Å². The zero-order valence-electron chi connectivity index (χ0n) is 10.4. The number of nitrogens with one attached hydrogen (secondary N) is 2. The summed E-state index contributed by atoms with van der Waals surface area (Å²) in [6.07, 6.45) is 5.25. The van der Waals surface area contributed by atoms with Crippen LogP contribution in [-0.2, 0) is 4.79 Å². The molecule has 0 radical (unpaired) electrons. The predicted molar refractivity (Wildman–Crippen MR) is 67.8 cm³/mol. The standard InChI is InChI=1S/C13H19N3O/c1-3-13(4-5-14-9-13)12(17)16-11-6-10(2)7-15-8-11/h6-8,14H,3-5,9H2,1-2H3,(H,16,17). The van der Waals surface area contributed by atoms with Crippen molar-refractivity contribution in [2.75, 3.05) is 18.4 Å². The Labute approximate surface area is 102 Å². The van der Waals surface area contributed by atoms with Gasteiger partial charge >= 0.3 is 0 Å². The van der Waals surface area contributed by atoms with E-state index in [0.29, 0.717) is 0 Å². The normalized spacial score (nSPS) is 23.6. The number of amides is 1. The number of hydrogen-bond acceptors (Lipinski definition) is 3. The summed E-state index contributed by atoms with van der Waals surface area (Å²) in [7, 11) is 0. The molecule has 1 aromatic rings. The molecule has 0 bridgehead atoms. The molecule has 0 saturated carbocycles. The van der Waals surface area contributed by atoms with E-state index in [-0.39, 0.29) is 11.3 Å². The van der Waals surface area contributed by atoms with Crippen LogP contribution < -0.4 is 10.6 Å². The molecule has 1 saturated heterocycles. The molecule has 4 heteroatoms. The Hall–Kier alpha value is -1.42. The van der Waals surface area contributed by atoms with Crippen molar-refractivity contribution in [2.24, 2.45) is 5.41 Å². The van der Waals surface area contributed by atoms with Crippen LogP contribution in [0.1, 0.15) is 25.3 Å². The van der Waals surface area contributed by atoms with Crippen LogP contribution in [0.4, 0.5) is 5.69 Å². The second-order valence-corrected chi connectivity index (χ2v) is 4.77. The number of carbonyl (C=O) groups excluding carboxylic acids is 1. The summed E-state index contributed by atoms with van der Waals surface area (Å²) in [5.41, 5.74) is 1.59. The molecule has 1 atom stereocenters. The maximum atomic E-state index is 12.3. The molecule has 4 nitrogen and oxygen atoms in total. The van der Waals surface area contributed by atoms with E-state index in [0.717, 1.165) is 37.2 Å². The molecular weight excluding hydrogens is 214 g/mol. The highest BCUT2D eigenvalue weighted by molar-refractivity contribution is 5.95. The minimum absolute atomic E-state index is 0.109. The van der Waals surface area contributed by atoms with Gasteiger partial charge in [0.1, 0.15) is 0 Å². The fraction of sp³-hybridized carbons (Fsp3) is 0.538. The Morgan fingerprint density at radius 3 is 3.00 bits per heavy atom. The number of aryl methyl sites for hydroxylation is 1. The van der Waals surface area contributed by atoms with Crippen molar-refractivity contribution in [3.8, 4) is 0 Å². The Balaban J connectivity index is 2.10. The third kappa shape index (κ3) is 2.47. The van der Waals surface area contributed by atoms with Gasteiger partial charge in [-0.1, -0.05) is 6.92 Å². The average molecular weight is 233 g/mol. The average Bonchev–Trinajstić information content (AvgIpc) is 2.78. The third-order valence-corrected chi connectivity index (χ3v) is 3.53. The van der Waals surface area contributed by atoms with Gasteiger partial charge in [0.05, 0.1) is 17.3 Å². The van der Waals surface area contributed by atoms with E-state index in [1.165, 1.54) is 0 Å². The minimum Gasteiger partial charge on any atom is -0.324 e. The van der Waals surface area contributed by atoms with Gasteiger partial charge in [0, 0.05) is 12.7 Å². The van der Waals surface area contributed by atoms with E-state index < -0.39 is 0 Å². The van der Waals surface area contributed by atoms with Crippen molar-refractivity contribution in [1.82, 2.24) is 10.3 Å². The number of carbonyl (C=O) groups is 1. The summed E-state index contributed by atoms with van der Waals surface area (Å²) in [4.78, 5) is 16.4. The smallest absolute Gasteiger partial charge is 0.231 e. The second-order valence-electron chi connectivity index (χ2n) is 4.77. The van der Waals surface area contributed by atoms with Gasteiger partial charge in [-0.3, -0.25) is 9.78 Å². The molecule has 1 aliphatic rings. The Kier molecular flexibility index (Phi) is 3.43. The van der Waals surface area contributed by atoms with Crippen molar-refractivity contribution in [3.05, 3.63) is 24.0 Å². The molecule has 1 aliphatic heterocycles. The van der Waals surface area contributed by atoms with Gasteiger partial charge in [-0.2, -0.15) is 0 Å². The van der Waals surface area contributed by atoms with Gasteiger partial charge in [-0.15, -0.1) is 0 Å². The third-order valence-electron chi connectivity index (χ3n) is 3.53. The van der Waals surface area contributed by atoms with E-state index in [1.54, 1.807) is 12.4 Å². The van der Waals surface area contributed by atoms with E-state index in [1.807, 2.05) is 13.0 Å². The Morgan fingerprint density at radius 1 is 1.59 bits per heavy atom. The SMILES string of the molecule is CCC1(C(=O)Nc2cncc(C)c2)CCNC1. The van der Waals surface area contributed by atoms with E-state index >= 15 is 0 Å². The highest BCUT2D eigenvalue weighted by Gasteiger charge is 2.39. The molecule has 0 aliphatic carbocycles. The maximum Gasteiger partial charge on any atom is 0.231 e. The molecule has 1 aromatic heterocycles. The van der Waals surface area contributed by atoms with Gasteiger partial charge < -0.3 is 10.6 Å². The van der Waals surface area contributed by atoms with Crippen LogP contribution in [0, 0.1) is 12.3 Å². The van der Waals surface area contributed by atoms with Gasteiger partial charge in [0.15, 0.2) is 0 Å². The monoisotopic (exact) mass is 233 g/mol. The summed E-state index contributed by atoms with van der Waals surface area (Å²) >= 11 is 0. The van der Waals surface area contributed by atoms with Crippen LogP contribution in [0.2, 0.25) is 0 Å². The number of aromatic nitrogens is 1. The van der Waals surface area contributed by atoms with Crippen LogP contribution in [0.3, 0.4) is 0 Å². The highest BCUT2D eigenvalue weighted by atomic mass is 16.2. The van der Waals surface area contributed by atoms with Crippen molar-refractivity contribution < 1.29 is 4.79 Å². The van der Waals surface area contributed by atoms with E-state index in [9.17, 15) is 4.79 Å². The Morgan fingerprint density at radius 2 is 2.41 bits per heavy atom. The molecule has 1 amide bonds. The minimum atomic E-state index is -0.246. The quantitative estimate of drug-likeness (QED) is 0.835. The lowest BCUT2D eigenvalue weighted by atomic mass is 9.83. The molecule has 2 heterocycles. The summed E-state index contributed by atoms with van der Waals surface area (Å²) in [6.45, 7) is 5.73. The molecule has 0 spiro atoms. The summed E-state index contributed by atoms with van der Waals surface area (Å²) in [5, 5.41) is 6.24. The van der Waals surface area contributed by atoms with E-state index in [4.69, 9.17) is 0 Å². The molecule has 17 heavy (non-hydrogen) atoms. The zero-order valence-corrected chi connectivity index (χ0v) is 10.4. The highest BCUT2D eigenvalue weighted by Crippen LogP contribution is 2.30. The number of rotatable bonds is 3. The maximum absolute atomic E-state index is 12.3. The molecule has 1 fully saturated rings. The molecule has 2 N–H and O–H groups in total. The number of pyridine rings is 1. The summed E-state index contributed by atoms with van der Waals surface area (Å²) in [6, 6.07) is 1.94. The van der Waals surface area contributed by atoms with Crippen molar-refractivity contribution >= 4 is 11.6 Å². The molecule has 0 aromatic carbocycles. The van der Waals surface area contributed by atoms with Crippen LogP contribution in [0.25, 0.3) is 0 Å². The van der Waals surface area contributed by atoms with Crippen LogP contribution >= 0.6 is 0 Å². The molecule has 92 valence electrons. The Bertz CT molecular complexity index is 411. The van der Waals surface area contributed by atoms with Crippen LogP contribution in [0.15, 0.2) is 18.5 Å². The first-order valence-electron chi connectivity index (χ1n) is 6.10. The number of anilines is 1. The van der Waals surface area contributed by atoms with Gasteiger partial charge in [-0.05, 0) is 37.9 Å². The first kappa shape index (κ1) is 12.0. The largest absolute Gasteiger partial charge is 0.324 e. The topological polar surface area (TPSA) is 54.0 Å². The number of nitrogens with zero attached hydrogens (tertiary/aromatic N) is 1. The zero-order chi connectivity index (χ0) is 12.3. The predicted octanol–water partition coefficient (Wildman–Crippen LogP) is 1.72.